The first-order chi connectivity index (χ1) is 7.74. The van der Waals surface area contributed by atoms with Crippen molar-refractivity contribution in [2.75, 3.05) is 6.54 Å². The standard InChI is InChI=1S/C14H25NS/c1-4-5-6-7-8-11-15-13(3)14-10-9-12(2)16-14/h9-10,13,15H,4-8,11H2,1-3H3. The van der Waals surface area contributed by atoms with E-state index in [0.29, 0.717) is 6.04 Å². The third kappa shape index (κ3) is 5.13. The normalized spacial score (nSPS) is 12.9. The second-order valence-corrected chi connectivity index (χ2v) is 5.86. The fraction of sp³-hybridized carbons (Fsp3) is 0.714. The van der Waals surface area contributed by atoms with Crippen LogP contribution in [0, 0.1) is 6.92 Å². The highest BCUT2D eigenvalue weighted by Gasteiger charge is 2.05. The summed E-state index contributed by atoms with van der Waals surface area (Å²) in [6.45, 7) is 7.85. The van der Waals surface area contributed by atoms with E-state index in [4.69, 9.17) is 0 Å². The molecule has 0 saturated carbocycles. The molecule has 1 N–H and O–H groups in total. The van der Waals surface area contributed by atoms with Crippen molar-refractivity contribution in [1.29, 1.82) is 0 Å². The lowest BCUT2D eigenvalue weighted by molar-refractivity contribution is 0.536. The van der Waals surface area contributed by atoms with E-state index in [0.717, 1.165) is 6.54 Å². The maximum Gasteiger partial charge on any atom is 0.0386 e. The molecule has 0 aliphatic rings. The van der Waals surface area contributed by atoms with Gasteiger partial charge in [-0.2, -0.15) is 0 Å². The number of nitrogens with one attached hydrogen (secondary N) is 1. The summed E-state index contributed by atoms with van der Waals surface area (Å²) in [6.07, 6.45) is 6.80. The second kappa shape index (κ2) is 7.86. The van der Waals surface area contributed by atoms with Gasteiger partial charge in [-0.25, -0.2) is 0 Å². The number of rotatable bonds is 8. The number of hydrogen-bond acceptors (Lipinski definition) is 2. The topological polar surface area (TPSA) is 12.0 Å². The van der Waals surface area contributed by atoms with Gasteiger partial charge in [-0.15, -0.1) is 11.3 Å². The largest absolute Gasteiger partial charge is 0.309 e. The minimum atomic E-state index is 0.518. The van der Waals surface area contributed by atoms with Crippen LogP contribution in [0.15, 0.2) is 12.1 Å². The van der Waals surface area contributed by atoms with Gasteiger partial charge in [0.2, 0.25) is 0 Å². The first-order valence-electron chi connectivity index (χ1n) is 6.53. The molecular formula is C14H25NS. The van der Waals surface area contributed by atoms with Crippen LogP contribution in [0.5, 0.6) is 0 Å². The molecule has 0 aliphatic carbocycles. The number of unbranched alkanes of at least 4 members (excludes halogenated alkanes) is 4. The molecule has 0 spiro atoms. The average molecular weight is 239 g/mol. The van der Waals surface area contributed by atoms with E-state index in [2.05, 4.69) is 38.2 Å². The summed E-state index contributed by atoms with van der Waals surface area (Å²) in [5.74, 6) is 0. The molecule has 2 heteroatoms. The van der Waals surface area contributed by atoms with E-state index in [1.54, 1.807) is 0 Å². The van der Waals surface area contributed by atoms with E-state index < -0.39 is 0 Å². The summed E-state index contributed by atoms with van der Waals surface area (Å²) >= 11 is 1.91. The highest BCUT2D eigenvalue weighted by molar-refractivity contribution is 7.12. The second-order valence-electron chi connectivity index (χ2n) is 4.54. The number of aryl methyl sites for hydroxylation is 1. The minimum Gasteiger partial charge on any atom is -0.309 e. The van der Waals surface area contributed by atoms with Gasteiger partial charge in [0, 0.05) is 15.8 Å². The first-order valence-corrected chi connectivity index (χ1v) is 7.35. The van der Waals surface area contributed by atoms with Crippen LogP contribution in [0.3, 0.4) is 0 Å². The molecule has 1 unspecified atom stereocenters. The van der Waals surface area contributed by atoms with E-state index in [1.807, 2.05) is 11.3 Å². The summed E-state index contributed by atoms with van der Waals surface area (Å²) in [6, 6.07) is 4.97. The molecule has 1 aromatic heterocycles. The Balaban J connectivity index is 2.09. The Morgan fingerprint density at radius 3 is 2.56 bits per heavy atom. The van der Waals surface area contributed by atoms with Gasteiger partial charge in [-0.3, -0.25) is 0 Å². The van der Waals surface area contributed by atoms with Crippen LogP contribution in [0.4, 0.5) is 0 Å². The van der Waals surface area contributed by atoms with Crippen LogP contribution in [0.25, 0.3) is 0 Å². The fourth-order valence-corrected chi connectivity index (χ4v) is 2.74. The summed E-state index contributed by atoms with van der Waals surface area (Å²) in [4.78, 5) is 2.87. The summed E-state index contributed by atoms with van der Waals surface area (Å²) in [7, 11) is 0. The lowest BCUT2D eigenvalue weighted by Gasteiger charge is -2.11. The number of hydrogen-bond donors (Lipinski definition) is 1. The van der Waals surface area contributed by atoms with Crippen molar-refractivity contribution in [2.45, 2.75) is 58.9 Å². The molecule has 16 heavy (non-hydrogen) atoms. The van der Waals surface area contributed by atoms with Crippen molar-refractivity contribution in [3.63, 3.8) is 0 Å². The Morgan fingerprint density at radius 1 is 1.19 bits per heavy atom. The summed E-state index contributed by atoms with van der Waals surface area (Å²) < 4.78 is 0. The lowest BCUT2D eigenvalue weighted by atomic mass is 10.1. The van der Waals surface area contributed by atoms with Crippen LogP contribution in [-0.4, -0.2) is 6.54 Å². The molecule has 1 rings (SSSR count). The van der Waals surface area contributed by atoms with Gasteiger partial charge < -0.3 is 5.32 Å². The third-order valence-electron chi connectivity index (χ3n) is 2.92. The highest BCUT2D eigenvalue weighted by Crippen LogP contribution is 2.22. The van der Waals surface area contributed by atoms with Crippen LogP contribution in [-0.2, 0) is 0 Å². The third-order valence-corrected chi connectivity index (χ3v) is 4.10. The molecule has 0 radical (unpaired) electrons. The highest BCUT2D eigenvalue weighted by atomic mass is 32.1. The van der Waals surface area contributed by atoms with E-state index in [-0.39, 0.29) is 0 Å². The maximum atomic E-state index is 3.60. The quantitative estimate of drug-likeness (QED) is 0.650. The van der Waals surface area contributed by atoms with Crippen molar-refractivity contribution in [2.24, 2.45) is 0 Å². The molecule has 1 atom stereocenters. The van der Waals surface area contributed by atoms with E-state index in [1.165, 1.54) is 41.9 Å². The molecule has 0 amide bonds. The van der Waals surface area contributed by atoms with E-state index >= 15 is 0 Å². The van der Waals surface area contributed by atoms with Crippen molar-refractivity contribution in [1.82, 2.24) is 5.32 Å². The van der Waals surface area contributed by atoms with E-state index in [9.17, 15) is 0 Å². The van der Waals surface area contributed by atoms with Gasteiger partial charge in [-0.1, -0.05) is 32.6 Å². The van der Waals surface area contributed by atoms with Gasteiger partial charge >= 0.3 is 0 Å². The zero-order chi connectivity index (χ0) is 11.8. The molecule has 0 bridgehead atoms. The molecule has 0 aliphatic heterocycles. The van der Waals surface area contributed by atoms with Crippen molar-refractivity contribution >= 4 is 11.3 Å². The Bertz CT molecular complexity index is 280. The minimum absolute atomic E-state index is 0.518. The molecular weight excluding hydrogens is 214 g/mol. The molecule has 0 saturated heterocycles. The van der Waals surface area contributed by atoms with Crippen LogP contribution in [0.1, 0.15) is 61.7 Å². The van der Waals surface area contributed by atoms with Crippen molar-refractivity contribution < 1.29 is 0 Å². The van der Waals surface area contributed by atoms with Gasteiger partial charge in [0.25, 0.3) is 0 Å². The molecule has 0 fully saturated rings. The molecule has 1 nitrogen and oxygen atoms in total. The molecule has 92 valence electrons. The Labute approximate surface area is 104 Å². The van der Waals surface area contributed by atoms with Crippen molar-refractivity contribution in [3.8, 4) is 0 Å². The zero-order valence-electron chi connectivity index (χ0n) is 10.9. The molecule has 0 aromatic carbocycles. The Hall–Kier alpha value is -0.340. The Morgan fingerprint density at radius 2 is 1.94 bits per heavy atom. The number of thiophene rings is 1. The van der Waals surface area contributed by atoms with Crippen LogP contribution in [0.2, 0.25) is 0 Å². The summed E-state index contributed by atoms with van der Waals surface area (Å²) in [5.41, 5.74) is 0. The molecule has 1 aromatic rings. The van der Waals surface area contributed by atoms with Gasteiger partial charge in [-0.05, 0) is 38.9 Å². The predicted molar refractivity (Wildman–Crippen MR) is 74.2 cm³/mol. The maximum absolute atomic E-state index is 3.60. The zero-order valence-corrected chi connectivity index (χ0v) is 11.7. The fourth-order valence-electron chi connectivity index (χ4n) is 1.83. The average Bonchev–Trinajstić information content (AvgIpc) is 2.70. The SMILES string of the molecule is CCCCCCCNC(C)c1ccc(C)s1. The monoisotopic (exact) mass is 239 g/mol. The van der Waals surface area contributed by atoms with Gasteiger partial charge in [0.15, 0.2) is 0 Å². The van der Waals surface area contributed by atoms with Crippen LogP contribution >= 0.6 is 11.3 Å². The van der Waals surface area contributed by atoms with Gasteiger partial charge in [0.05, 0.1) is 0 Å². The van der Waals surface area contributed by atoms with Gasteiger partial charge in [0.1, 0.15) is 0 Å². The predicted octanol–water partition coefficient (Wildman–Crippen LogP) is 4.68. The van der Waals surface area contributed by atoms with Crippen LogP contribution < -0.4 is 5.32 Å². The lowest BCUT2D eigenvalue weighted by Crippen LogP contribution is -2.18. The molecule has 1 heterocycles. The first kappa shape index (κ1) is 13.7. The Kier molecular flexibility index (Phi) is 6.74. The smallest absolute Gasteiger partial charge is 0.0386 e. The van der Waals surface area contributed by atoms with Crippen molar-refractivity contribution in [3.05, 3.63) is 21.9 Å². The summed E-state index contributed by atoms with van der Waals surface area (Å²) in [5, 5.41) is 3.60.